The molecule has 1 aromatic carbocycles. The molecule has 1 atom stereocenters. The number of tetrazole rings is 1. The number of nitrogens with one attached hydrogen (secondary N) is 1. The van der Waals surface area contributed by atoms with E-state index in [9.17, 15) is 0 Å². The van der Waals surface area contributed by atoms with Crippen LogP contribution < -0.4 is 5.32 Å². The lowest BCUT2D eigenvalue weighted by Crippen LogP contribution is -2.32. The maximum absolute atomic E-state index is 9.06. The van der Waals surface area contributed by atoms with Crippen LogP contribution in [0.5, 0.6) is 0 Å². The van der Waals surface area contributed by atoms with E-state index in [4.69, 9.17) is 5.11 Å². The zero-order chi connectivity index (χ0) is 14.2. The van der Waals surface area contributed by atoms with Gasteiger partial charge in [0.2, 0.25) is 5.16 Å². The fourth-order valence-corrected chi connectivity index (χ4v) is 2.86. The minimum absolute atomic E-state index is 0.182. The predicted octanol–water partition coefficient (Wildman–Crippen LogP) is 1.11. The van der Waals surface area contributed by atoms with E-state index in [-0.39, 0.29) is 12.6 Å². The maximum atomic E-state index is 9.06. The Morgan fingerprint density at radius 3 is 2.85 bits per heavy atom. The first-order chi connectivity index (χ1) is 9.85. The lowest BCUT2D eigenvalue weighted by atomic mass is 10.2. The summed E-state index contributed by atoms with van der Waals surface area (Å²) in [6.07, 6.45) is 0.730. The topological polar surface area (TPSA) is 75.9 Å². The van der Waals surface area contributed by atoms with Gasteiger partial charge in [0.1, 0.15) is 0 Å². The van der Waals surface area contributed by atoms with Crippen molar-refractivity contribution in [3.63, 3.8) is 0 Å². The molecule has 7 heteroatoms. The van der Waals surface area contributed by atoms with E-state index in [1.807, 2.05) is 30.3 Å². The van der Waals surface area contributed by atoms with Crippen molar-refractivity contribution in [2.45, 2.75) is 24.5 Å². The molecule has 0 aliphatic carbocycles. The van der Waals surface area contributed by atoms with Crippen LogP contribution in [-0.4, -0.2) is 50.3 Å². The molecule has 2 aromatic rings. The number of aliphatic hydroxyl groups excluding tert-OH is 1. The number of aromatic nitrogens is 4. The summed E-state index contributed by atoms with van der Waals surface area (Å²) in [7, 11) is 0. The Hall–Kier alpha value is -1.44. The number of hydrogen-bond donors (Lipinski definition) is 2. The normalized spacial score (nSPS) is 12.5. The zero-order valence-corrected chi connectivity index (χ0v) is 12.3. The largest absolute Gasteiger partial charge is 0.396 e. The number of para-hydroxylation sites is 1. The summed E-state index contributed by atoms with van der Waals surface area (Å²) in [5.74, 6) is 0.821. The molecule has 20 heavy (non-hydrogen) atoms. The Morgan fingerprint density at radius 2 is 2.15 bits per heavy atom. The number of hydrogen-bond acceptors (Lipinski definition) is 6. The number of nitrogens with zero attached hydrogens (tertiary/aromatic N) is 4. The van der Waals surface area contributed by atoms with Gasteiger partial charge < -0.3 is 10.4 Å². The zero-order valence-electron chi connectivity index (χ0n) is 11.4. The van der Waals surface area contributed by atoms with Gasteiger partial charge in [-0.3, -0.25) is 0 Å². The highest BCUT2D eigenvalue weighted by atomic mass is 32.2. The summed E-state index contributed by atoms with van der Waals surface area (Å²) in [4.78, 5) is 0. The standard InChI is InChI=1S/C13H19N5OS/c1-2-14-11(8-9-19)10-20-13-15-16-17-18(13)12-6-4-3-5-7-12/h3-7,11,14,19H,2,8-10H2,1H3. The quantitative estimate of drug-likeness (QED) is 0.710. The lowest BCUT2D eigenvalue weighted by molar-refractivity contribution is 0.271. The molecule has 2 N–H and O–H groups in total. The molecule has 0 bridgehead atoms. The summed E-state index contributed by atoms with van der Waals surface area (Å²) in [6, 6.07) is 10.1. The van der Waals surface area contributed by atoms with Crippen LogP contribution in [-0.2, 0) is 0 Å². The highest BCUT2D eigenvalue weighted by Crippen LogP contribution is 2.19. The summed E-state index contributed by atoms with van der Waals surface area (Å²) < 4.78 is 1.73. The average Bonchev–Trinajstić information content (AvgIpc) is 2.94. The van der Waals surface area contributed by atoms with E-state index in [2.05, 4.69) is 27.8 Å². The second-order valence-electron chi connectivity index (χ2n) is 4.29. The van der Waals surface area contributed by atoms with Gasteiger partial charge in [-0.1, -0.05) is 36.9 Å². The van der Waals surface area contributed by atoms with E-state index in [0.29, 0.717) is 0 Å². The summed E-state index contributed by atoms with van der Waals surface area (Å²) in [5.41, 5.74) is 0.946. The van der Waals surface area contributed by atoms with Gasteiger partial charge in [-0.15, -0.1) is 5.10 Å². The Bertz CT molecular complexity index is 498. The second kappa shape index (κ2) is 7.98. The van der Waals surface area contributed by atoms with Gasteiger partial charge in [-0.25, -0.2) is 0 Å². The molecule has 1 unspecified atom stereocenters. The summed E-state index contributed by atoms with van der Waals surface area (Å²) in [5, 5.41) is 25.0. The van der Waals surface area contributed by atoms with Gasteiger partial charge in [-0.2, -0.15) is 4.68 Å². The Kier molecular flexibility index (Phi) is 5.97. The molecule has 0 spiro atoms. The molecule has 2 rings (SSSR count). The average molecular weight is 293 g/mol. The van der Waals surface area contributed by atoms with Gasteiger partial charge in [-0.05, 0) is 35.5 Å². The van der Waals surface area contributed by atoms with Crippen LogP contribution in [0, 0.1) is 0 Å². The first-order valence-corrected chi connectivity index (χ1v) is 7.64. The molecule has 0 fully saturated rings. The summed E-state index contributed by atoms with van der Waals surface area (Å²) >= 11 is 1.59. The molecule has 1 heterocycles. The molecular formula is C13H19N5OS. The molecule has 0 aliphatic rings. The third kappa shape index (κ3) is 4.03. The first-order valence-electron chi connectivity index (χ1n) is 6.66. The number of rotatable bonds is 8. The van der Waals surface area contributed by atoms with E-state index < -0.39 is 0 Å². The van der Waals surface area contributed by atoms with Crippen LogP contribution in [0.25, 0.3) is 5.69 Å². The molecule has 1 aromatic heterocycles. The summed E-state index contributed by atoms with van der Waals surface area (Å²) in [6.45, 7) is 3.12. The van der Waals surface area contributed by atoms with Crippen molar-refractivity contribution in [2.75, 3.05) is 18.9 Å². The van der Waals surface area contributed by atoms with Crippen molar-refractivity contribution < 1.29 is 5.11 Å². The fourth-order valence-electron chi connectivity index (χ4n) is 1.86. The smallest absolute Gasteiger partial charge is 0.214 e. The van der Waals surface area contributed by atoms with Gasteiger partial charge in [0.25, 0.3) is 0 Å². The number of thioether (sulfide) groups is 1. The van der Waals surface area contributed by atoms with Gasteiger partial charge in [0.05, 0.1) is 5.69 Å². The van der Waals surface area contributed by atoms with Crippen molar-refractivity contribution in [3.8, 4) is 5.69 Å². The highest BCUT2D eigenvalue weighted by Gasteiger charge is 2.12. The Morgan fingerprint density at radius 1 is 1.35 bits per heavy atom. The third-order valence-corrected chi connectivity index (χ3v) is 3.91. The molecular weight excluding hydrogens is 274 g/mol. The van der Waals surface area contributed by atoms with Gasteiger partial charge >= 0.3 is 0 Å². The van der Waals surface area contributed by atoms with E-state index in [0.717, 1.165) is 29.6 Å². The SMILES string of the molecule is CCNC(CCO)CSc1nnnn1-c1ccccc1. The van der Waals surface area contributed by atoms with Crippen LogP contribution >= 0.6 is 11.8 Å². The molecule has 0 saturated heterocycles. The van der Waals surface area contributed by atoms with Crippen molar-refractivity contribution in [1.29, 1.82) is 0 Å². The minimum Gasteiger partial charge on any atom is -0.396 e. The fraction of sp³-hybridized carbons (Fsp3) is 0.462. The van der Waals surface area contributed by atoms with E-state index in [1.165, 1.54) is 0 Å². The van der Waals surface area contributed by atoms with Crippen LogP contribution in [0.15, 0.2) is 35.5 Å². The molecule has 0 aliphatic heterocycles. The van der Waals surface area contributed by atoms with E-state index >= 15 is 0 Å². The van der Waals surface area contributed by atoms with E-state index in [1.54, 1.807) is 16.4 Å². The van der Waals surface area contributed by atoms with Crippen molar-refractivity contribution >= 4 is 11.8 Å². The number of benzene rings is 1. The predicted molar refractivity (Wildman–Crippen MR) is 79.0 cm³/mol. The molecule has 6 nitrogen and oxygen atoms in total. The second-order valence-corrected chi connectivity index (χ2v) is 5.27. The van der Waals surface area contributed by atoms with Gasteiger partial charge in [0, 0.05) is 18.4 Å². The highest BCUT2D eigenvalue weighted by molar-refractivity contribution is 7.99. The van der Waals surface area contributed by atoms with Crippen molar-refractivity contribution in [2.24, 2.45) is 0 Å². The van der Waals surface area contributed by atoms with Crippen LogP contribution in [0.3, 0.4) is 0 Å². The molecule has 0 saturated carbocycles. The third-order valence-electron chi connectivity index (χ3n) is 2.83. The van der Waals surface area contributed by atoms with Crippen molar-refractivity contribution in [1.82, 2.24) is 25.5 Å². The molecule has 108 valence electrons. The number of aliphatic hydroxyl groups is 1. The van der Waals surface area contributed by atoms with Crippen molar-refractivity contribution in [3.05, 3.63) is 30.3 Å². The van der Waals surface area contributed by atoms with Crippen LogP contribution in [0.4, 0.5) is 0 Å². The monoisotopic (exact) mass is 293 g/mol. The van der Waals surface area contributed by atoms with Crippen LogP contribution in [0.1, 0.15) is 13.3 Å². The first kappa shape index (κ1) is 15.0. The Balaban J connectivity index is 2.02. The van der Waals surface area contributed by atoms with Gasteiger partial charge in [0.15, 0.2) is 0 Å². The lowest BCUT2D eigenvalue weighted by Gasteiger charge is -2.15. The van der Waals surface area contributed by atoms with Crippen LogP contribution in [0.2, 0.25) is 0 Å². The Labute approximate surface area is 122 Å². The maximum Gasteiger partial charge on any atom is 0.214 e. The molecule has 0 amide bonds. The minimum atomic E-state index is 0.182. The molecule has 0 radical (unpaired) electrons.